The average Bonchev–Trinajstić information content (AvgIpc) is 2.85. The Bertz CT molecular complexity index is 1440. The minimum atomic E-state index is -0.774. The molecule has 2 aromatic carbocycles. The Balaban J connectivity index is 1.91. The summed E-state index contributed by atoms with van der Waals surface area (Å²) in [6.07, 6.45) is -0.0861. The van der Waals surface area contributed by atoms with Crippen LogP contribution in [-0.2, 0) is 17.9 Å². The second kappa shape index (κ2) is 11.3. The van der Waals surface area contributed by atoms with Gasteiger partial charge in [0, 0.05) is 30.6 Å². The third kappa shape index (κ3) is 5.96. The van der Waals surface area contributed by atoms with E-state index in [0.717, 1.165) is 10.1 Å². The van der Waals surface area contributed by atoms with Gasteiger partial charge in [-0.05, 0) is 54.3 Å². The maximum atomic E-state index is 13.6. The van der Waals surface area contributed by atoms with Crippen LogP contribution in [0.2, 0.25) is 0 Å². The zero-order valence-electron chi connectivity index (χ0n) is 20.7. The molecule has 0 saturated carbocycles. The molecule has 3 rings (SSSR count). The van der Waals surface area contributed by atoms with Crippen LogP contribution in [0.3, 0.4) is 0 Å². The maximum Gasteiger partial charge on any atom is 0.328 e. The highest BCUT2D eigenvalue weighted by atomic mass is 16.5. The highest BCUT2D eigenvalue weighted by Gasteiger charge is 2.25. The molecule has 0 spiro atoms. The van der Waals surface area contributed by atoms with E-state index < -0.39 is 17.0 Å². The topological polar surface area (TPSA) is 134 Å². The summed E-state index contributed by atoms with van der Waals surface area (Å²) < 4.78 is 6.26. The molecule has 3 aromatic rings. The van der Waals surface area contributed by atoms with Crippen molar-refractivity contribution in [2.75, 3.05) is 7.11 Å². The first-order valence-corrected chi connectivity index (χ1v) is 11.5. The quantitative estimate of drug-likeness (QED) is 0.445. The van der Waals surface area contributed by atoms with Crippen molar-refractivity contribution in [3.05, 3.63) is 96.8 Å². The second-order valence-electron chi connectivity index (χ2n) is 8.73. The maximum absolute atomic E-state index is 13.6. The fourth-order valence-electron chi connectivity index (χ4n) is 3.94. The van der Waals surface area contributed by atoms with Gasteiger partial charge in [0.2, 0.25) is 11.7 Å². The third-order valence-electron chi connectivity index (χ3n) is 5.71. The first-order chi connectivity index (χ1) is 17.1. The van der Waals surface area contributed by atoms with E-state index in [1.54, 1.807) is 52.1 Å². The second-order valence-corrected chi connectivity index (χ2v) is 8.73. The number of hydrogen-bond donors (Lipinski definition) is 2. The molecule has 0 aliphatic carbocycles. The number of ether oxygens (including phenoxy) is 1. The third-order valence-corrected chi connectivity index (χ3v) is 5.71. The largest absolute Gasteiger partial charge is 0.497 e. The monoisotopic (exact) mass is 488 g/mol. The van der Waals surface area contributed by atoms with Gasteiger partial charge in [-0.1, -0.05) is 26.0 Å². The van der Waals surface area contributed by atoms with Crippen LogP contribution < -0.4 is 21.3 Å². The Morgan fingerprint density at radius 2 is 1.83 bits per heavy atom. The van der Waals surface area contributed by atoms with Crippen molar-refractivity contribution < 1.29 is 14.3 Å². The molecule has 0 aliphatic rings. The first-order valence-electron chi connectivity index (χ1n) is 11.5. The Labute approximate surface area is 208 Å². The molecule has 36 heavy (non-hydrogen) atoms. The van der Waals surface area contributed by atoms with Gasteiger partial charge in [-0.2, -0.15) is 5.26 Å². The molecule has 9 heteroatoms. The number of nitrogens with one attached hydrogen (secondary N) is 2. The molecule has 1 aromatic heterocycles. The summed E-state index contributed by atoms with van der Waals surface area (Å²) in [5, 5.41) is 12.1. The molecule has 0 bridgehead atoms. The first kappa shape index (κ1) is 26.2. The zero-order chi connectivity index (χ0) is 26.4. The summed E-state index contributed by atoms with van der Waals surface area (Å²) in [6.45, 7) is 5.41. The fourth-order valence-corrected chi connectivity index (χ4v) is 3.94. The number of hydrogen-bond acceptors (Lipinski definition) is 6. The number of ketones is 1. The highest BCUT2D eigenvalue weighted by Crippen LogP contribution is 2.20. The Kier molecular flexibility index (Phi) is 8.22. The van der Waals surface area contributed by atoms with E-state index in [0.29, 0.717) is 16.9 Å². The van der Waals surface area contributed by atoms with Crippen molar-refractivity contribution in [3.8, 4) is 11.8 Å². The number of aromatic amines is 1. The van der Waals surface area contributed by atoms with Crippen molar-refractivity contribution in [3.63, 3.8) is 0 Å². The Morgan fingerprint density at radius 1 is 1.14 bits per heavy atom. The molecule has 0 aliphatic heterocycles. The van der Waals surface area contributed by atoms with E-state index in [9.17, 15) is 24.4 Å². The standard InChI is InChI=1S/C27H28N4O5/c1-16(2)23-24(25(33)20-12-17(3)11-19(13-20)14-28)31(27(35)30-26(23)34)10-9-22(32)29-15-18-5-7-21(36-4)8-6-18/h5-8,11-13,16H,9-10,15H2,1-4H3,(H,29,32)(H,30,34,35). The predicted molar refractivity (Wildman–Crippen MR) is 134 cm³/mol. The van der Waals surface area contributed by atoms with Crippen LogP contribution in [0, 0.1) is 18.3 Å². The van der Waals surface area contributed by atoms with Gasteiger partial charge in [0.25, 0.3) is 5.56 Å². The summed E-state index contributed by atoms with van der Waals surface area (Å²) in [5.74, 6) is -0.545. The van der Waals surface area contributed by atoms with Gasteiger partial charge in [0.05, 0.1) is 18.7 Å². The Morgan fingerprint density at radius 3 is 2.44 bits per heavy atom. The van der Waals surface area contributed by atoms with Crippen LogP contribution >= 0.6 is 0 Å². The predicted octanol–water partition coefficient (Wildman–Crippen LogP) is 2.79. The number of rotatable bonds is 9. The lowest BCUT2D eigenvalue weighted by molar-refractivity contribution is -0.121. The van der Waals surface area contributed by atoms with Crippen molar-refractivity contribution >= 4 is 11.7 Å². The number of nitrogens with zero attached hydrogens (tertiary/aromatic N) is 2. The number of nitriles is 1. The van der Waals surface area contributed by atoms with E-state index in [4.69, 9.17) is 4.74 Å². The number of aryl methyl sites for hydroxylation is 1. The molecule has 186 valence electrons. The SMILES string of the molecule is COc1ccc(CNC(=O)CCn2c(C(=O)c3cc(C)cc(C#N)c3)c(C(C)C)c(=O)[nH]c2=O)cc1. The van der Waals surface area contributed by atoms with E-state index in [2.05, 4.69) is 10.3 Å². The molecule has 0 radical (unpaired) electrons. The normalized spacial score (nSPS) is 10.7. The van der Waals surface area contributed by atoms with Crippen LogP contribution in [0.15, 0.2) is 52.1 Å². The van der Waals surface area contributed by atoms with Gasteiger partial charge in [0.1, 0.15) is 11.4 Å². The van der Waals surface area contributed by atoms with Gasteiger partial charge in [-0.15, -0.1) is 0 Å². The molecule has 9 nitrogen and oxygen atoms in total. The minimum absolute atomic E-state index is 0.0730. The number of carbonyl (C=O) groups excluding carboxylic acids is 2. The summed E-state index contributed by atoms with van der Waals surface area (Å²) in [6, 6.07) is 13.9. The molecule has 0 saturated heterocycles. The van der Waals surface area contributed by atoms with Gasteiger partial charge >= 0.3 is 5.69 Å². The number of H-pyrrole nitrogens is 1. The van der Waals surface area contributed by atoms with Crippen LogP contribution in [0.25, 0.3) is 0 Å². The summed E-state index contributed by atoms with van der Waals surface area (Å²) in [7, 11) is 1.57. The Hall–Kier alpha value is -4.45. The highest BCUT2D eigenvalue weighted by molar-refractivity contribution is 6.09. The molecular weight excluding hydrogens is 460 g/mol. The van der Waals surface area contributed by atoms with Crippen LogP contribution in [0.1, 0.15) is 64.5 Å². The molecule has 2 N–H and O–H groups in total. The van der Waals surface area contributed by atoms with Crippen LogP contribution in [0.4, 0.5) is 0 Å². The average molecular weight is 489 g/mol. The van der Waals surface area contributed by atoms with Crippen LogP contribution in [0.5, 0.6) is 5.75 Å². The van der Waals surface area contributed by atoms with Crippen molar-refractivity contribution in [1.82, 2.24) is 14.9 Å². The van der Waals surface area contributed by atoms with E-state index in [1.165, 1.54) is 6.07 Å². The number of amides is 1. The van der Waals surface area contributed by atoms with Gasteiger partial charge < -0.3 is 10.1 Å². The molecular formula is C27H28N4O5. The van der Waals surface area contributed by atoms with E-state index >= 15 is 0 Å². The fraction of sp³-hybridized carbons (Fsp3) is 0.296. The zero-order valence-corrected chi connectivity index (χ0v) is 20.7. The molecule has 0 atom stereocenters. The minimum Gasteiger partial charge on any atom is -0.497 e. The molecule has 1 heterocycles. The number of carbonyl (C=O) groups is 2. The van der Waals surface area contributed by atoms with Crippen molar-refractivity contribution in [1.29, 1.82) is 5.26 Å². The lowest BCUT2D eigenvalue weighted by atomic mass is 9.95. The molecule has 0 fully saturated rings. The van der Waals surface area contributed by atoms with E-state index in [-0.39, 0.29) is 48.2 Å². The number of benzene rings is 2. The van der Waals surface area contributed by atoms with Crippen molar-refractivity contribution in [2.45, 2.75) is 46.2 Å². The van der Waals surface area contributed by atoms with Gasteiger partial charge in [-0.3, -0.25) is 23.9 Å². The smallest absolute Gasteiger partial charge is 0.328 e. The summed E-state index contributed by atoms with van der Waals surface area (Å²) >= 11 is 0. The van der Waals surface area contributed by atoms with Gasteiger partial charge in [-0.25, -0.2) is 4.79 Å². The lowest BCUT2D eigenvalue weighted by Gasteiger charge is -2.17. The molecule has 0 unspecified atom stereocenters. The van der Waals surface area contributed by atoms with Gasteiger partial charge in [0.15, 0.2) is 0 Å². The van der Waals surface area contributed by atoms with Crippen LogP contribution in [-0.4, -0.2) is 28.4 Å². The van der Waals surface area contributed by atoms with E-state index in [1.807, 2.05) is 18.2 Å². The number of methoxy groups -OCH3 is 1. The lowest BCUT2D eigenvalue weighted by Crippen LogP contribution is -2.39. The summed E-state index contributed by atoms with van der Waals surface area (Å²) in [5.41, 5.74) is 0.707. The van der Waals surface area contributed by atoms with Crippen molar-refractivity contribution in [2.24, 2.45) is 0 Å². The summed E-state index contributed by atoms with van der Waals surface area (Å²) in [4.78, 5) is 53.8. The number of aromatic nitrogens is 2. The molecule has 1 amide bonds.